The Labute approximate surface area is 259 Å². The van der Waals surface area contributed by atoms with Gasteiger partial charge in [-0.3, -0.25) is 4.99 Å². The van der Waals surface area contributed by atoms with E-state index < -0.39 is 41.2 Å². The smallest absolute Gasteiger partial charge is 0.416 e. The molecule has 0 bridgehead atoms. The fraction of sp³-hybridized carbons (Fsp3) is 0.548. The van der Waals surface area contributed by atoms with Gasteiger partial charge in [-0.05, 0) is 70.2 Å². The lowest BCUT2D eigenvalue weighted by atomic mass is 9.87. The number of carbonyl (C=O) groups is 1. The fourth-order valence-electron chi connectivity index (χ4n) is 5.49. The summed E-state index contributed by atoms with van der Waals surface area (Å²) < 4.78 is 88.0. The number of piperidine rings is 1. The van der Waals surface area contributed by atoms with Crippen molar-refractivity contribution in [2.75, 3.05) is 11.9 Å². The zero-order valence-electron chi connectivity index (χ0n) is 26.2. The maximum Gasteiger partial charge on any atom is 0.416 e. The molecule has 1 aliphatic rings. The molecule has 1 amide bonds. The SMILES string of the molecule is CC[C@@H]1CC(N(Cc2cc(C(F)(F)F)cc(C(F)(F)F)c2)c2ncc(C(C=NC)=CN)cn2)C[C@H](CC)N1C(=O)OC(C)(C)C. The second-order valence-corrected chi connectivity index (χ2v) is 12.0. The number of nitrogens with zero attached hydrogens (tertiary/aromatic N) is 5. The van der Waals surface area contributed by atoms with E-state index in [1.54, 1.807) is 37.6 Å². The van der Waals surface area contributed by atoms with Crippen LogP contribution in [0.3, 0.4) is 0 Å². The number of aliphatic imine (C=N–C) groups is 1. The maximum atomic E-state index is 13.7. The lowest BCUT2D eigenvalue weighted by molar-refractivity contribution is -0.143. The molecule has 2 aromatic rings. The van der Waals surface area contributed by atoms with Crippen molar-refractivity contribution in [2.45, 2.75) is 103 Å². The maximum absolute atomic E-state index is 13.7. The molecule has 3 rings (SSSR count). The number of likely N-dealkylation sites (tertiary alicyclic amines) is 1. The Kier molecular flexibility index (Phi) is 11.1. The van der Waals surface area contributed by atoms with Crippen LogP contribution < -0.4 is 10.6 Å². The van der Waals surface area contributed by atoms with E-state index in [4.69, 9.17) is 10.5 Å². The van der Waals surface area contributed by atoms with Crippen molar-refractivity contribution in [1.29, 1.82) is 0 Å². The van der Waals surface area contributed by atoms with Gasteiger partial charge in [-0.1, -0.05) is 13.8 Å². The molecule has 1 saturated heterocycles. The van der Waals surface area contributed by atoms with Crippen molar-refractivity contribution < 1.29 is 35.9 Å². The number of benzene rings is 1. The summed E-state index contributed by atoms with van der Waals surface area (Å²) >= 11 is 0. The Hall–Kier alpha value is -3.84. The standard InChI is InChI=1S/C31H40F6N6O2/c1-7-24-12-26(13-25(8-2)43(24)28(44)45-29(3,4)5)42(27-40-16-21(17-41-27)20(14-38)15-39-6)18-19-9-22(30(32,33)34)11-23(10-19)31(35,36)37/h9-11,14-17,24-26H,7-8,12-13,18,38H2,1-6H3/t24-,25+,26?. The van der Waals surface area contributed by atoms with Gasteiger partial charge in [-0.2, -0.15) is 26.3 Å². The van der Waals surface area contributed by atoms with Crippen molar-refractivity contribution in [3.05, 3.63) is 59.0 Å². The second-order valence-electron chi connectivity index (χ2n) is 12.0. The highest BCUT2D eigenvalue weighted by Gasteiger charge is 2.42. The highest BCUT2D eigenvalue weighted by molar-refractivity contribution is 6.09. The summed E-state index contributed by atoms with van der Waals surface area (Å²) in [5.41, 5.74) is 2.99. The van der Waals surface area contributed by atoms with Crippen molar-refractivity contribution >= 4 is 23.8 Å². The quantitative estimate of drug-likeness (QED) is 0.237. The Morgan fingerprint density at radius 3 is 1.91 bits per heavy atom. The minimum Gasteiger partial charge on any atom is -0.444 e. The van der Waals surface area contributed by atoms with E-state index in [1.165, 1.54) is 24.8 Å². The summed E-state index contributed by atoms with van der Waals surface area (Å²) in [5.74, 6) is 0.106. The number of allylic oxidation sites excluding steroid dienone is 1. The molecule has 2 heterocycles. The first kappa shape index (κ1) is 35.6. The number of amides is 1. The molecule has 1 aromatic heterocycles. The number of halogens is 6. The van der Waals surface area contributed by atoms with Crippen molar-refractivity contribution in [2.24, 2.45) is 10.7 Å². The highest BCUT2D eigenvalue weighted by atomic mass is 19.4. The fourth-order valence-corrected chi connectivity index (χ4v) is 5.49. The predicted octanol–water partition coefficient (Wildman–Crippen LogP) is 7.48. The molecule has 0 aliphatic carbocycles. The molecule has 1 aromatic carbocycles. The molecular formula is C31H40F6N6O2. The average Bonchev–Trinajstić information content (AvgIpc) is 2.96. The number of carbonyl (C=O) groups excluding carboxylic acids is 1. The third kappa shape index (κ3) is 9.10. The van der Waals surface area contributed by atoms with Crippen LogP contribution in [0, 0.1) is 0 Å². The van der Waals surface area contributed by atoms with Gasteiger partial charge < -0.3 is 20.3 Å². The minimum absolute atomic E-state index is 0.106. The molecule has 0 spiro atoms. The van der Waals surface area contributed by atoms with Crippen LogP contribution in [-0.4, -0.2) is 57.9 Å². The molecule has 2 N–H and O–H groups in total. The lowest BCUT2D eigenvalue weighted by Gasteiger charge is -2.48. The number of alkyl halides is 6. The predicted molar refractivity (Wildman–Crippen MR) is 160 cm³/mol. The Balaban J connectivity index is 2.12. The minimum atomic E-state index is -5.00. The summed E-state index contributed by atoms with van der Waals surface area (Å²) in [4.78, 5) is 29.4. The van der Waals surface area contributed by atoms with Crippen LogP contribution in [0.4, 0.5) is 37.1 Å². The first-order chi connectivity index (χ1) is 20.9. The van der Waals surface area contributed by atoms with Crippen molar-refractivity contribution in [3.63, 3.8) is 0 Å². The van der Waals surface area contributed by atoms with Gasteiger partial charge in [-0.15, -0.1) is 0 Å². The van der Waals surface area contributed by atoms with E-state index in [1.807, 2.05) is 13.8 Å². The number of anilines is 1. The molecule has 1 fully saturated rings. The van der Waals surface area contributed by atoms with Crippen LogP contribution in [0.2, 0.25) is 0 Å². The molecule has 0 saturated carbocycles. The third-order valence-electron chi connectivity index (χ3n) is 7.54. The van der Waals surface area contributed by atoms with Crippen LogP contribution in [0.1, 0.15) is 82.6 Å². The van der Waals surface area contributed by atoms with E-state index in [9.17, 15) is 31.1 Å². The molecule has 8 nitrogen and oxygen atoms in total. The molecule has 1 aliphatic heterocycles. The summed E-state index contributed by atoms with van der Waals surface area (Å²) in [6.07, 6.45) is -2.91. The van der Waals surface area contributed by atoms with E-state index in [-0.39, 0.29) is 36.2 Å². The normalized spacial score (nSPS) is 20.0. The van der Waals surface area contributed by atoms with Crippen LogP contribution >= 0.6 is 0 Å². The van der Waals surface area contributed by atoms with E-state index in [0.29, 0.717) is 49.0 Å². The van der Waals surface area contributed by atoms with Crippen molar-refractivity contribution in [3.8, 4) is 0 Å². The summed E-state index contributed by atoms with van der Waals surface area (Å²) in [5, 5.41) is 0. The van der Waals surface area contributed by atoms with Gasteiger partial charge in [0.25, 0.3) is 0 Å². The van der Waals surface area contributed by atoms with Gasteiger partial charge in [0.2, 0.25) is 5.95 Å². The van der Waals surface area contributed by atoms with Crippen LogP contribution in [0.5, 0.6) is 0 Å². The summed E-state index contributed by atoms with van der Waals surface area (Å²) in [6, 6.07) is 0.474. The first-order valence-electron chi connectivity index (χ1n) is 14.6. The molecule has 45 heavy (non-hydrogen) atoms. The van der Waals surface area contributed by atoms with E-state index >= 15 is 0 Å². The van der Waals surface area contributed by atoms with E-state index in [0.717, 1.165) is 0 Å². The number of hydrogen-bond donors (Lipinski definition) is 1. The second kappa shape index (κ2) is 14.1. The number of ether oxygens (including phenoxy) is 1. The van der Waals surface area contributed by atoms with Gasteiger partial charge in [-0.25, -0.2) is 14.8 Å². The molecule has 0 radical (unpaired) electrons. The number of aromatic nitrogens is 2. The average molecular weight is 643 g/mol. The third-order valence-corrected chi connectivity index (χ3v) is 7.54. The monoisotopic (exact) mass is 642 g/mol. The summed E-state index contributed by atoms with van der Waals surface area (Å²) in [6.45, 7) is 8.78. The lowest BCUT2D eigenvalue weighted by Crippen LogP contribution is -2.57. The Morgan fingerprint density at radius 2 is 1.51 bits per heavy atom. The van der Waals surface area contributed by atoms with Crippen LogP contribution in [-0.2, 0) is 23.6 Å². The largest absolute Gasteiger partial charge is 0.444 e. The Bertz CT molecular complexity index is 1320. The van der Waals surface area contributed by atoms with Crippen LogP contribution in [0.15, 0.2) is 41.8 Å². The van der Waals surface area contributed by atoms with Gasteiger partial charge in [0.1, 0.15) is 5.60 Å². The topological polar surface area (TPSA) is 96.9 Å². The van der Waals surface area contributed by atoms with Gasteiger partial charge >= 0.3 is 18.4 Å². The number of rotatable bonds is 8. The van der Waals surface area contributed by atoms with Gasteiger partial charge in [0, 0.05) is 67.7 Å². The highest BCUT2D eigenvalue weighted by Crippen LogP contribution is 2.38. The molecule has 1 unspecified atom stereocenters. The zero-order chi connectivity index (χ0) is 33.7. The molecule has 14 heteroatoms. The molecule has 3 atom stereocenters. The van der Waals surface area contributed by atoms with Gasteiger partial charge in [0.05, 0.1) is 11.1 Å². The van der Waals surface area contributed by atoms with Gasteiger partial charge in [0.15, 0.2) is 0 Å². The summed E-state index contributed by atoms with van der Waals surface area (Å²) in [7, 11) is 1.56. The zero-order valence-corrected chi connectivity index (χ0v) is 26.2. The van der Waals surface area contributed by atoms with Crippen LogP contribution in [0.25, 0.3) is 5.57 Å². The number of nitrogens with two attached hydrogens (primary N) is 1. The van der Waals surface area contributed by atoms with E-state index in [2.05, 4.69) is 15.0 Å². The molecule has 248 valence electrons. The van der Waals surface area contributed by atoms with Crippen molar-refractivity contribution in [1.82, 2.24) is 14.9 Å². The molecular weight excluding hydrogens is 602 g/mol. The Morgan fingerprint density at radius 1 is 1.00 bits per heavy atom. The number of hydrogen-bond acceptors (Lipinski definition) is 7. The first-order valence-corrected chi connectivity index (χ1v) is 14.6.